The fourth-order valence-corrected chi connectivity index (χ4v) is 4.91. The maximum absolute atomic E-state index is 13.5. The van der Waals surface area contributed by atoms with Gasteiger partial charge >= 0.3 is 0 Å². The molecule has 0 amide bonds. The number of sulfone groups is 1. The van der Waals surface area contributed by atoms with Crippen LogP contribution in [0.15, 0.2) is 77.7 Å². The van der Waals surface area contributed by atoms with Gasteiger partial charge in [0.25, 0.3) is 0 Å². The standard InChI is InChI=1S/C24H24O5S/c1-17-4-14-22(15-5-17)30(26,27)24(19-8-12-21(29-3)13-9-19)16-23(25)18-6-10-20(28-2)11-7-18/h4-15,24H,16H2,1-3H3. The summed E-state index contributed by atoms with van der Waals surface area (Å²) in [5, 5.41) is -1.01. The normalized spacial score (nSPS) is 12.2. The SMILES string of the molecule is COc1ccc(C(=O)CC(c2ccc(OC)cc2)S(=O)(=O)c2ccc(C)cc2)cc1. The van der Waals surface area contributed by atoms with Gasteiger partial charge in [-0.3, -0.25) is 4.79 Å². The number of carbonyl (C=O) groups is 1. The van der Waals surface area contributed by atoms with Crippen LogP contribution in [0, 0.1) is 6.92 Å². The van der Waals surface area contributed by atoms with Gasteiger partial charge in [-0.05, 0) is 61.0 Å². The third-order valence-electron chi connectivity index (χ3n) is 4.99. The van der Waals surface area contributed by atoms with Crippen molar-refractivity contribution >= 4 is 15.6 Å². The average molecular weight is 425 g/mol. The Labute approximate surface area is 177 Å². The lowest BCUT2D eigenvalue weighted by atomic mass is 10.0. The Morgan fingerprint density at radius 3 is 1.80 bits per heavy atom. The van der Waals surface area contributed by atoms with E-state index in [0.29, 0.717) is 22.6 Å². The Balaban J connectivity index is 1.99. The lowest BCUT2D eigenvalue weighted by Gasteiger charge is -2.18. The molecular formula is C24H24O5S. The van der Waals surface area contributed by atoms with E-state index in [1.54, 1.807) is 87.0 Å². The molecule has 3 rings (SSSR count). The van der Waals surface area contributed by atoms with Crippen molar-refractivity contribution in [1.82, 2.24) is 0 Å². The molecule has 0 bridgehead atoms. The quantitative estimate of drug-likeness (QED) is 0.486. The summed E-state index contributed by atoms with van der Waals surface area (Å²) in [5.74, 6) is 0.992. The van der Waals surface area contributed by atoms with Crippen molar-refractivity contribution in [3.63, 3.8) is 0 Å². The predicted octanol–water partition coefficient (Wildman–Crippen LogP) is 4.80. The fraction of sp³-hybridized carbons (Fsp3) is 0.208. The second kappa shape index (κ2) is 9.13. The van der Waals surface area contributed by atoms with E-state index in [1.165, 1.54) is 0 Å². The Morgan fingerprint density at radius 1 is 0.800 bits per heavy atom. The van der Waals surface area contributed by atoms with Crippen LogP contribution in [0.4, 0.5) is 0 Å². The molecule has 6 heteroatoms. The van der Waals surface area contributed by atoms with Crippen molar-refractivity contribution < 1.29 is 22.7 Å². The number of benzene rings is 3. The predicted molar refractivity (Wildman–Crippen MR) is 116 cm³/mol. The molecule has 0 saturated carbocycles. The van der Waals surface area contributed by atoms with E-state index in [1.807, 2.05) is 6.92 Å². The minimum absolute atomic E-state index is 0.172. The van der Waals surface area contributed by atoms with Crippen LogP contribution < -0.4 is 9.47 Å². The number of aryl methyl sites for hydroxylation is 1. The first-order valence-corrected chi connectivity index (χ1v) is 11.0. The molecule has 0 heterocycles. The Hall–Kier alpha value is -3.12. The monoisotopic (exact) mass is 424 g/mol. The van der Waals surface area contributed by atoms with Crippen molar-refractivity contribution in [2.75, 3.05) is 14.2 Å². The molecule has 0 spiro atoms. The summed E-state index contributed by atoms with van der Waals surface area (Å²) in [4.78, 5) is 13.1. The number of rotatable bonds is 8. The number of carbonyl (C=O) groups excluding carboxylic acids is 1. The number of ketones is 1. The highest BCUT2D eigenvalue weighted by atomic mass is 32.2. The topological polar surface area (TPSA) is 69.7 Å². The van der Waals surface area contributed by atoms with E-state index in [2.05, 4.69) is 0 Å². The molecule has 0 radical (unpaired) electrons. The minimum atomic E-state index is -3.79. The van der Waals surface area contributed by atoms with Gasteiger partial charge in [-0.25, -0.2) is 8.42 Å². The van der Waals surface area contributed by atoms with Gasteiger partial charge in [-0.1, -0.05) is 29.8 Å². The molecule has 0 aromatic heterocycles. The molecule has 0 aliphatic rings. The third-order valence-corrected chi connectivity index (χ3v) is 7.11. The first-order valence-electron chi connectivity index (χ1n) is 9.47. The van der Waals surface area contributed by atoms with Gasteiger partial charge in [0.2, 0.25) is 0 Å². The third kappa shape index (κ3) is 4.71. The van der Waals surface area contributed by atoms with Gasteiger partial charge in [0.05, 0.1) is 24.4 Å². The lowest BCUT2D eigenvalue weighted by Crippen LogP contribution is -2.18. The Bertz CT molecular complexity index is 1100. The van der Waals surface area contributed by atoms with Crippen LogP contribution in [0.25, 0.3) is 0 Å². The summed E-state index contributed by atoms with van der Waals surface area (Å²) in [7, 11) is -0.702. The maximum Gasteiger partial charge on any atom is 0.185 e. The van der Waals surface area contributed by atoms with E-state index in [4.69, 9.17) is 9.47 Å². The van der Waals surface area contributed by atoms with Crippen LogP contribution >= 0.6 is 0 Å². The largest absolute Gasteiger partial charge is 0.497 e. The minimum Gasteiger partial charge on any atom is -0.497 e. The Kier molecular flexibility index (Phi) is 6.57. The van der Waals surface area contributed by atoms with Crippen LogP contribution in [-0.4, -0.2) is 28.4 Å². The number of hydrogen-bond donors (Lipinski definition) is 0. The van der Waals surface area contributed by atoms with E-state index in [-0.39, 0.29) is 17.1 Å². The zero-order valence-corrected chi connectivity index (χ0v) is 18.0. The van der Waals surface area contributed by atoms with Gasteiger partial charge in [0.1, 0.15) is 11.5 Å². The van der Waals surface area contributed by atoms with Crippen molar-refractivity contribution in [2.24, 2.45) is 0 Å². The van der Waals surface area contributed by atoms with E-state index in [9.17, 15) is 13.2 Å². The summed E-state index contributed by atoms with van der Waals surface area (Å²) in [5.41, 5.74) is 1.94. The van der Waals surface area contributed by atoms with Gasteiger partial charge < -0.3 is 9.47 Å². The highest BCUT2D eigenvalue weighted by molar-refractivity contribution is 7.91. The smallest absolute Gasteiger partial charge is 0.185 e. The highest BCUT2D eigenvalue weighted by Gasteiger charge is 2.31. The zero-order chi connectivity index (χ0) is 21.7. The summed E-state index contributed by atoms with van der Waals surface area (Å²) in [6.07, 6.45) is -0.172. The van der Waals surface area contributed by atoms with E-state index >= 15 is 0 Å². The molecule has 0 aliphatic heterocycles. The van der Waals surface area contributed by atoms with Crippen molar-refractivity contribution in [1.29, 1.82) is 0 Å². The van der Waals surface area contributed by atoms with Crippen LogP contribution in [0.1, 0.15) is 33.2 Å². The Morgan fingerprint density at radius 2 is 1.30 bits per heavy atom. The molecule has 0 saturated heterocycles. The molecule has 3 aromatic rings. The average Bonchev–Trinajstić information content (AvgIpc) is 2.77. The second-order valence-corrected chi connectivity index (χ2v) is 9.11. The molecule has 30 heavy (non-hydrogen) atoms. The van der Waals surface area contributed by atoms with Crippen LogP contribution in [0.5, 0.6) is 11.5 Å². The number of Topliss-reactive ketones (excluding diaryl/α,β-unsaturated/α-hetero) is 1. The molecule has 1 unspecified atom stereocenters. The van der Waals surface area contributed by atoms with Crippen LogP contribution in [0.2, 0.25) is 0 Å². The van der Waals surface area contributed by atoms with Crippen molar-refractivity contribution in [3.05, 3.63) is 89.5 Å². The molecule has 0 aliphatic carbocycles. The summed E-state index contributed by atoms with van der Waals surface area (Å²) in [6.45, 7) is 1.89. The molecule has 5 nitrogen and oxygen atoms in total. The summed E-state index contributed by atoms with van der Waals surface area (Å²) < 4.78 is 37.2. The summed E-state index contributed by atoms with van der Waals surface area (Å²) >= 11 is 0. The molecule has 0 N–H and O–H groups in total. The first-order chi connectivity index (χ1) is 14.3. The van der Waals surface area contributed by atoms with E-state index in [0.717, 1.165) is 5.56 Å². The fourth-order valence-electron chi connectivity index (χ4n) is 3.18. The van der Waals surface area contributed by atoms with Crippen molar-refractivity contribution in [3.8, 4) is 11.5 Å². The molecule has 3 aromatic carbocycles. The molecule has 156 valence electrons. The summed E-state index contributed by atoms with van der Waals surface area (Å²) in [6, 6.07) is 20.1. The van der Waals surface area contributed by atoms with Crippen molar-refractivity contribution in [2.45, 2.75) is 23.5 Å². The number of methoxy groups -OCH3 is 2. The van der Waals surface area contributed by atoms with E-state index < -0.39 is 15.1 Å². The zero-order valence-electron chi connectivity index (χ0n) is 17.2. The van der Waals surface area contributed by atoms with Gasteiger partial charge in [0.15, 0.2) is 15.6 Å². The van der Waals surface area contributed by atoms with Gasteiger partial charge in [0, 0.05) is 12.0 Å². The van der Waals surface area contributed by atoms with Gasteiger partial charge in [-0.15, -0.1) is 0 Å². The second-order valence-electron chi connectivity index (χ2n) is 6.98. The lowest BCUT2D eigenvalue weighted by molar-refractivity contribution is 0.0980. The molecule has 0 fully saturated rings. The first kappa shape index (κ1) is 21.6. The number of hydrogen-bond acceptors (Lipinski definition) is 5. The van der Waals surface area contributed by atoms with Crippen LogP contribution in [-0.2, 0) is 9.84 Å². The molecular weight excluding hydrogens is 400 g/mol. The highest BCUT2D eigenvalue weighted by Crippen LogP contribution is 2.34. The number of ether oxygens (including phenoxy) is 2. The maximum atomic E-state index is 13.5. The van der Waals surface area contributed by atoms with Crippen LogP contribution in [0.3, 0.4) is 0 Å². The molecule has 1 atom stereocenters. The van der Waals surface area contributed by atoms with Gasteiger partial charge in [-0.2, -0.15) is 0 Å².